The number of carbonyl (C=O) groups is 1. The fourth-order valence-corrected chi connectivity index (χ4v) is 7.51. The summed E-state index contributed by atoms with van der Waals surface area (Å²) in [5, 5.41) is 0. The molecule has 5 heterocycles. The number of hydrogen-bond donors (Lipinski definition) is 0. The van der Waals surface area contributed by atoms with Gasteiger partial charge in [0.1, 0.15) is 0 Å². The van der Waals surface area contributed by atoms with E-state index >= 15 is 0 Å². The van der Waals surface area contributed by atoms with E-state index in [-0.39, 0.29) is 28.4 Å². The first-order chi connectivity index (χ1) is 12.3. The van der Waals surface area contributed by atoms with Gasteiger partial charge in [-0.15, -0.1) is 0 Å². The first-order valence-corrected chi connectivity index (χ1v) is 9.75. The van der Waals surface area contributed by atoms with Crippen molar-refractivity contribution in [3.05, 3.63) is 41.5 Å². The number of ether oxygens (including phenoxy) is 1. The number of nitrogens with zero attached hydrogens (tertiary/aromatic N) is 2. The number of rotatable bonds is 0. The lowest BCUT2D eigenvalue weighted by molar-refractivity contribution is -0.132. The van der Waals surface area contributed by atoms with E-state index in [2.05, 4.69) is 40.1 Å². The van der Waals surface area contributed by atoms with Crippen LogP contribution in [0.2, 0.25) is 0 Å². The Bertz CT molecular complexity index is 854. The van der Waals surface area contributed by atoms with Crippen LogP contribution in [-0.4, -0.2) is 59.6 Å². The second-order valence-electron chi connectivity index (χ2n) is 8.78. The summed E-state index contributed by atoms with van der Waals surface area (Å²) >= 11 is 0. The summed E-state index contributed by atoms with van der Waals surface area (Å²) in [4.78, 5) is 18.1. The fraction of sp³-hybridized carbons (Fsp3) is 0.571. The first-order valence-electron chi connectivity index (χ1n) is 9.75. The smallest absolute Gasteiger partial charge is 0.229 e. The lowest BCUT2D eigenvalue weighted by Gasteiger charge is -2.58. The minimum absolute atomic E-state index is 0. The topological polar surface area (TPSA) is 95.8 Å². The molecule has 1 amide bonds. The Morgan fingerprint density at radius 3 is 2.93 bits per heavy atom. The Morgan fingerprint density at radius 1 is 1.19 bits per heavy atom. The minimum Gasteiger partial charge on any atom is -0.412 e. The summed E-state index contributed by atoms with van der Waals surface area (Å²) in [6.07, 6.45) is 5.43. The fourth-order valence-electron chi connectivity index (χ4n) is 7.51. The van der Waals surface area contributed by atoms with Gasteiger partial charge in [-0.2, -0.15) is 0 Å². The van der Waals surface area contributed by atoms with E-state index in [9.17, 15) is 4.79 Å². The van der Waals surface area contributed by atoms with Crippen molar-refractivity contribution in [1.29, 1.82) is 0 Å². The van der Waals surface area contributed by atoms with Gasteiger partial charge in [0.25, 0.3) is 0 Å². The summed E-state index contributed by atoms with van der Waals surface area (Å²) in [6.45, 7) is 2.97. The number of para-hydroxylation sites is 1. The number of piperidine rings is 2. The molecule has 3 saturated heterocycles. The molecule has 0 unspecified atom stereocenters. The molecule has 144 valence electrons. The van der Waals surface area contributed by atoms with Gasteiger partial charge in [0, 0.05) is 29.6 Å². The van der Waals surface area contributed by atoms with Crippen LogP contribution < -0.4 is 4.90 Å². The highest BCUT2D eigenvalue weighted by molar-refractivity contribution is 5.99. The third-order valence-electron chi connectivity index (χ3n) is 8.22. The van der Waals surface area contributed by atoms with Crippen molar-refractivity contribution in [2.45, 2.75) is 42.9 Å². The zero-order valence-corrected chi connectivity index (χ0v) is 15.2. The average molecular weight is 370 g/mol. The Balaban J connectivity index is 0.000000801. The lowest BCUT2D eigenvalue weighted by atomic mass is 9.53. The molecular weight excluding hydrogens is 344 g/mol. The second kappa shape index (κ2) is 5.41. The molecule has 4 N–H and O–H groups in total. The van der Waals surface area contributed by atoms with E-state index in [4.69, 9.17) is 4.74 Å². The summed E-state index contributed by atoms with van der Waals surface area (Å²) in [5.74, 6) is 1.35. The zero-order valence-electron chi connectivity index (χ0n) is 15.2. The monoisotopic (exact) mass is 370 g/mol. The van der Waals surface area contributed by atoms with Crippen molar-refractivity contribution in [2.24, 2.45) is 11.8 Å². The minimum atomic E-state index is 0. The predicted octanol–water partition coefficient (Wildman–Crippen LogP) is 0.443. The SMILES string of the molecule is O.O.O=C1C[C@@H]2OCC=C3CN4CC[C@]56c7ccccc7N1[C@H]5[C@H]2[C@H]3C[C@H]46. The Hall–Kier alpha value is -1.73. The van der Waals surface area contributed by atoms with Gasteiger partial charge in [0.05, 0.1) is 25.2 Å². The Morgan fingerprint density at radius 2 is 2.04 bits per heavy atom. The average Bonchev–Trinajstić information content (AvgIpc) is 3.10. The zero-order chi connectivity index (χ0) is 16.3. The van der Waals surface area contributed by atoms with Gasteiger partial charge < -0.3 is 20.6 Å². The lowest BCUT2D eigenvalue weighted by Crippen LogP contribution is -2.69. The molecule has 4 fully saturated rings. The molecule has 0 radical (unpaired) electrons. The molecule has 1 aromatic carbocycles. The first kappa shape index (κ1) is 17.4. The molecule has 1 saturated carbocycles. The molecule has 1 aromatic rings. The Kier molecular flexibility index (Phi) is 3.48. The highest BCUT2D eigenvalue weighted by atomic mass is 16.5. The summed E-state index contributed by atoms with van der Waals surface area (Å²) in [5.41, 5.74) is 4.35. The molecule has 6 nitrogen and oxygen atoms in total. The molecule has 7 rings (SSSR count). The van der Waals surface area contributed by atoms with Crippen LogP contribution in [0.3, 0.4) is 0 Å². The number of amides is 1. The summed E-state index contributed by atoms with van der Waals surface area (Å²) in [6, 6.07) is 9.64. The summed E-state index contributed by atoms with van der Waals surface area (Å²) < 4.78 is 6.25. The van der Waals surface area contributed by atoms with E-state index in [1.807, 2.05) is 0 Å². The van der Waals surface area contributed by atoms with Crippen molar-refractivity contribution in [1.82, 2.24) is 4.90 Å². The molecule has 27 heavy (non-hydrogen) atoms. The van der Waals surface area contributed by atoms with Crippen LogP contribution >= 0.6 is 0 Å². The van der Waals surface area contributed by atoms with Crippen LogP contribution in [0.25, 0.3) is 0 Å². The van der Waals surface area contributed by atoms with Crippen LogP contribution in [-0.2, 0) is 14.9 Å². The highest BCUT2D eigenvalue weighted by Gasteiger charge is 2.70. The molecule has 0 aromatic heterocycles. The maximum Gasteiger partial charge on any atom is 0.229 e. The van der Waals surface area contributed by atoms with E-state index in [0.717, 1.165) is 6.54 Å². The maximum atomic E-state index is 13.2. The molecule has 6 atom stereocenters. The van der Waals surface area contributed by atoms with E-state index < -0.39 is 0 Å². The normalized spacial score (nSPS) is 42.5. The molecule has 1 aliphatic carbocycles. The van der Waals surface area contributed by atoms with Crippen molar-refractivity contribution in [3.8, 4) is 0 Å². The van der Waals surface area contributed by atoms with Gasteiger partial charge in [0.2, 0.25) is 5.91 Å². The summed E-state index contributed by atoms with van der Waals surface area (Å²) in [7, 11) is 0. The van der Waals surface area contributed by atoms with Crippen molar-refractivity contribution >= 4 is 11.6 Å². The highest BCUT2D eigenvalue weighted by Crippen LogP contribution is 2.65. The van der Waals surface area contributed by atoms with Crippen LogP contribution in [0.15, 0.2) is 35.9 Å². The third-order valence-corrected chi connectivity index (χ3v) is 8.22. The number of hydrogen-bond acceptors (Lipinski definition) is 3. The maximum absolute atomic E-state index is 13.2. The molecular formula is C21H26N2O4. The molecule has 2 bridgehead atoms. The van der Waals surface area contributed by atoms with E-state index in [0.29, 0.717) is 36.9 Å². The van der Waals surface area contributed by atoms with Crippen molar-refractivity contribution in [3.63, 3.8) is 0 Å². The largest absolute Gasteiger partial charge is 0.412 e. The molecule has 6 heteroatoms. The Labute approximate surface area is 158 Å². The number of carbonyl (C=O) groups excluding carboxylic acids is 1. The number of benzene rings is 1. The van der Waals surface area contributed by atoms with E-state index in [1.54, 1.807) is 5.57 Å². The predicted molar refractivity (Wildman–Crippen MR) is 101 cm³/mol. The molecule has 1 spiro atoms. The van der Waals surface area contributed by atoms with Crippen LogP contribution in [0.1, 0.15) is 24.8 Å². The van der Waals surface area contributed by atoms with Gasteiger partial charge in [0.15, 0.2) is 0 Å². The van der Waals surface area contributed by atoms with Crippen LogP contribution in [0, 0.1) is 11.8 Å². The molecule has 5 aliphatic heterocycles. The quantitative estimate of drug-likeness (QED) is 0.620. The number of anilines is 1. The van der Waals surface area contributed by atoms with Gasteiger partial charge in [-0.25, -0.2) is 0 Å². The van der Waals surface area contributed by atoms with E-state index in [1.165, 1.54) is 30.6 Å². The second-order valence-corrected chi connectivity index (χ2v) is 8.78. The number of fused-ring (bicyclic) bond motifs is 2. The third kappa shape index (κ3) is 1.74. The van der Waals surface area contributed by atoms with Gasteiger partial charge in [-0.1, -0.05) is 29.8 Å². The van der Waals surface area contributed by atoms with Crippen molar-refractivity contribution in [2.75, 3.05) is 24.6 Å². The van der Waals surface area contributed by atoms with Crippen LogP contribution in [0.4, 0.5) is 5.69 Å². The standard InChI is InChI=1S/C21H22N2O2.2H2O/c24-18-10-16-19-13-9-17-21(6-7-22(17)11-12(13)5-8-25-16)14-3-1-2-4-15(14)23(18)20(19)21;;/h1-5,13,16-17,19-20H,6-11H2;2*1H2/t13-,16-,17-,19-,20-,21+;;/m0../s1. The van der Waals surface area contributed by atoms with Crippen LogP contribution in [0.5, 0.6) is 0 Å². The van der Waals surface area contributed by atoms with Crippen molar-refractivity contribution < 1.29 is 20.5 Å². The molecule has 6 aliphatic rings. The van der Waals surface area contributed by atoms with Gasteiger partial charge in [-0.05, 0) is 36.9 Å². The van der Waals surface area contributed by atoms with Gasteiger partial charge in [-0.3, -0.25) is 9.69 Å². The van der Waals surface area contributed by atoms with Gasteiger partial charge >= 0.3 is 0 Å².